The number of carbonyl (C=O) groups excluding carboxylic acids is 1. The van der Waals surface area contributed by atoms with Gasteiger partial charge in [0.05, 0.1) is 11.1 Å². The van der Waals surface area contributed by atoms with Gasteiger partial charge in [0, 0.05) is 10.6 Å². The molecule has 4 aromatic rings. The van der Waals surface area contributed by atoms with Crippen molar-refractivity contribution in [2.45, 2.75) is 12.1 Å². The molecular formula is C21H17N3O3S2. The molecule has 0 radical (unpaired) electrons. The number of thioether (sulfide) groups is 1. The molecule has 0 atom stereocenters. The summed E-state index contributed by atoms with van der Waals surface area (Å²) in [5, 5.41) is 3.85. The summed E-state index contributed by atoms with van der Waals surface area (Å²) in [5.41, 5.74) is 0.484. The fourth-order valence-corrected chi connectivity index (χ4v) is 4.26. The van der Waals surface area contributed by atoms with Gasteiger partial charge in [-0.1, -0.05) is 30.0 Å². The molecule has 0 saturated carbocycles. The van der Waals surface area contributed by atoms with Crippen molar-refractivity contribution >= 4 is 44.9 Å². The Labute approximate surface area is 175 Å². The first-order valence-electron chi connectivity index (χ1n) is 8.83. The van der Waals surface area contributed by atoms with Crippen LogP contribution in [0.1, 0.15) is 4.88 Å². The minimum absolute atomic E-state index is 0.140. The second kappa shape index (κ2) is 8.50. The largest absolute Gasteiger partial charge is 0.457 e. The minimum Gasteiger partial charge on any atom is -0.457 e. The Kier molecular flexibility index (Phi) is 5.64. The highest BCUT2D eigenvalue weighted by molar-refractivity contribution is 7.99. The predicted octanol–water partition coefficient (Wildman–Crippen LogP) is 4.82. The van der Waals surface area contributed by atoms with E-state index in [0.717, 1.165) is 10.6 Å². The number of amides is 1. The number of para-hydroxylation sites is 1. The Hall–Kier alpha value is -3.10. The van der Waals surface area contributed by atoms with Crippen molar-refractivity contribution in [1.29, 1.82) is 0 Å². The topological polar surface area (TPSA) is 84.1 Å². The van der Waals surface area contributed by atoms with Gasteiger partial charge >= 0.3 is 0 Å². The number of benzene rings is 2. The van der Waals surface area contributed by atoms with Gasteiger partial charge in [0.25, 0.3) is 5.56 Å². The first kappa shape index (κ1) is 19.2. The molecule has 29 heavy (non-hydrogen) atoms. The molecule has 0 bridgehead atoms. The number of aryl methyl sites for hydroxylation is 1. The van der Waals surface area contributed by atoms with E-state index >= 15 is 0 Å². The second-order valence-electron chi connectivity index (χ2n) is 6.22. The smallest absolute Gasteiger partial charge is 0.260 e. The number of rotatable bonds is 6. The standard InChI is InChI=1S/C21H17N3O3S2/c1-13-11-17-19(26)23-21(24-20(17)29-13)28-12-18(25)22-14-7-9-16(10-8-14)27-15-5-3-2-4-6-15/h2-11H,12H2,1H3,(H,22,25)(H,23,24,26). The first-order chi connectivity index (χ1) is 14.1. The summed E-state index contributed by atoms with van der Waals surface area (Å²) >= 11 is 2.66. The van der Waals surface area contributed by atoms with Crippen molar-refractivity contribution in [2.24, 2.45) is 0 Å². The molecule has 0 unspecified atom stereocenters. The van der Waals surface area contributed by atoms with Crippen LogP contribution >= 0.6 is 23.1 Å². The minimum atomic E-state index is -0.184. The number of aromatic nitrogens is 2. The predicted molar refractivity (Wildman–Crippen MR) is 117 cm³/mol. The van der Waals surface area contributed by atoms with E-state index in [9.17, 15) is 9.59 Å². The number of ether oxygens (including phenoxy) is 1. The molecule has 4 rings (SSSR count). The summed E-state index contributed by atoms with van der Waals surface area (Å²) in [7, 11) is 0. The molecule has 6 nitrogen and oxygen atoms in total. The molecule has 0 aliphatic heterocycles. The molecule has 8 heteroatoms. The van der Waals surface area contributed by atoms with Crippen molar-refractivity contribution in [3.63, 3.8) is 0 Å². The van der Waals surface area contributed by atoms with Crippen LogP contribution in [0.25, 0.3) is 10.2 Å². The summed E-state index contributed by atoms with van der Waals surface area (Å²) in [6.07, 6.45) is 0. The lowest BCUT2D eigenvalue weighted by Crippen LogP contribution is -2.15. The third-order valence-electron chi connectivity index (χ3n) is 3.96. The van der Waals surface area contributed by atoms with E-state index in [1.165, 1.54) is 23.1 Å². The average molecular weight is 424 g/mol. The lowest BCUT2D eigenvalue weighted by atomic mass is 10.3. The third kappa shape index (κ3) is 4.85. The first-order valence-corrected chi connectivity index (χ1v) is 10.6. The Morgan fingerprint density at radius 1 is 1.14 bits per heavy atom. The molecule has 2 aromatic carbocycles. The van der Waals surface area contributed by atoms with Crippen LogP contribution in [-0.2, 0) is 4.79 Å². The van der Waals surface area contributed by atoms with E-state index in [2.05, 4.69) is 15.3 Å². The van der Waals surface area contributed by atoms with Gasteiger partial charge in [-0.15, -0.1) is 11.3 Å². The molecule has 2 aromatic heterocycles. The Balaban J connectivity index is 1.34. The van der Waals surface area contributed by atoms with Gasteiger partial charge in [0.1, 0.15) is 16.3 Å². The number of H-pyrrole nitrogens is 1. The maximum Gasteiger partial charge on any atom is 0.260 e. The van der Waals surface area contributed by atoms with Gasteiger partial charge < -0.3 is 15.0 Å². The van der Waals surface area contributed by atoms with Crippen LogP contribution in [0, 0.1) is 6.92 Å². The number of thiophene rings is 1. The Morgan fingerprint density at radius 2 is 1.86 bits per heavy atom. The van der Waals surface area contributed by atoms with Crippen LogP contribution < -0.4 is 15.6 Å². The molecule has 1 amide bonds. The number of nitrogens with one attached hydrogen (secondary N) is 2. The van der Waals surface area contributed by atoms with Crippen molar-refractivity contribution in [3.8, 4) is 11.5 Å². The molecule has 0 spiro atoms. The monoisotopic (exact) mass is 423 g/mol. The summed E-state index contributed by atoms with van der Waals surface area (Å²) < 4.78 is 5.73. The van der Waals surface area contributed by atoms with E-state index in [0.29, 0.717) is 26.8 Å². The molecule has 2 heterocycles. The van der Waals surface area contributed by atoms with Gasteiger partial charge in [-0.3, -0.25) is 9.59 Å². The Bertz CT molecular complexity index is 1200. The lowest BCUT2D eigenvalue weighted by Gasteiger charge is -2.08. The van der Waals surface area contributed by atoms with Crippen LogP contribution in [0.2, 0.25) is 0 Å². The highest BCUT2D eigenvalue weighted by atomic mass is 32.2. The Morgan fingerprint density at radius 3 is 2.62 bits per heavy atom. The van der Waals surface area contributed by atoms with E-state index in [1.807, 2.05) is 43.3 Å². The maximum atomic E-state index is 12.2. The number of carbonyl (C=O) groups is 1. The highest BCUT2D eigenvalue weighted by Gasteiger charge is 2.10. The van der Waals surface area contributed by atoms with E-state index < -0.39 is 0 Å². The zero-order chi connectivity index (χ0) is 20.2. The SMILES string of the molecule is Cc1cc2c(=O)[nH]c(SCC(=O)Nc3ccc(Oc4ccccc4)cc3)nc2s1. The summed E-state index contributed by atoms with van der Waals surface area (Å²) in [5.74, 6) is 1.39. The summed E-state index contributed by atoms with van der Waals surface area (Å²) in [6.45, 7) is 1.93. The van der Waals surface area contributed by atoms with Gasteiger partial charge in [-0.2, -0.15) is 0 Å². The van der Waals surface area contributed by atoms with Gasteiger partial charge in [0.15, 0.2) is 5.16 Å². The fourth-order valence-electron chi connectivity index (χ4n) is 2.66. The van der Waals surface area contributed by atoms with Gasteiger partial charge in [-0.25, -0.2) is 4.98 Å². The molecule has 146 valence electrons. The summed E-state index contributed by atoms with van der Waals surface area (Å²) in [6, 6.07) is 18.4. The van der Waals surface area contributed by atoms with E-state index in [1.54, 1.807) is 24.3 Å². The summed E-state index contributed by atoms with van der Waals surface area (Å²) in [4.78, 5) is 33.2. The number of aromatic amines is 1. The van der Waals surface area contributed by atoms with Crippen LogP contribution in [0.15, 0.2) is 70.6 Å². The van der Waals surface area contributed by atoms with Crippen LogP contribution in [-0.4, -0.2) is 21.6 Å². The van der Waals surface area contributed by atoms with Crippen molar-refractivity contribution in [1.82, 2.24) is 9.97 Å². The van der Waals surface area contributed by atoms with Gasteiger partial charge in [0.2, 0.25) is 5.91 Å². The number of hydrogen-bond donors (Lipinski definition) is 2. The normalized spacial score (nSPS) is 10.8. The van der Waals surface area contributed by atoms with Crippen LogP contribution in [0.4, 0.5) is 5.69 Å². The molecule has 2 N–H and O–H groups in total. The molecular weight excluding hydrogens is 406 g/mol. The van der Waals surface area contributed by atoms with Crippen LogP contribution in [0.5, 0.6) is 11.5 Å². The van der Waals surface area contributed by atoms with Crippen molar-refractivity contribution in [2.75, 3.05) is 11.1 Å². The zero-order valence-corrected chi connectivity index (χ0v) is 17.1. The highest BCUT2D eigenvalue weighted by Crippen LogP contribution is 2.24. The molecule has 0 fully saturated rings. The van der Waals surface area contributed by atoms with E-state index in [-0.39, 0.29) is 17.2 Å². The average Bonchev–Trinajstić information content (AvgIpc) is 3.10. The molecule has 0 saturated heterocycles. The maximum absolute atomic E-state index is 12.2. The molecule has 0 aliphatic carbocycles. The van der Waals surface area contributed by atoms with Crippen molar-refractivity contribution < 1.29 is 9.53 Å². The zero-order valence-electron chi connectivity index (χ0n) is 15.5. The van der Waals surface area contributed by atoms with E-state index in [4.69, 9.17) is 4.74 Å². The molecule has 0 aliphatic rings. The number of fused-ring (bicyclic) bond motifs is 1. The number of hydrogen-bond acceptors (Lipinski definition) is 6. The quantitative estimate of drug-likeness (QED) is 0.343. The van der Waals surface area contributed by atoms with Crippen molar-refractivity contribution in [3.05, 3.63) is 75.9 Å². The lowest BCUT2D eigenvalue weighted by molar-refractivity contribution is -0.113. The third-order valence-corrected chi connectivity index (χ3v) is 5.78. The fraction of sp³-hybridized carbons (Fsp3) is 0.0952. The van der Waals surface area contributed by atoms with Gasteiger partial charge in [-0.05, 0) is 49.4 Å². The number of anilines is 1. The van der Waals surface area contributed by atoms with Crippen LogP contribution in [0.3, 0.4) is 0 Å². The second-order valence-corrected chi connectivity index (χ2v) is 8.42. The number of nitrogens with zero attached hydrogens (tertiary/aromatic N) is 1.